The van der Waals surface area contributed by atoms with Crippen LogP contribution < -0.4 is 9.80 Å². The van der Waals surface area contributed by atoms with Crippen LogP contribution in [0.5, 0.6) is 0 Å². The summed E-state index contributed by atoms with van der Waals surface area (Å²) >= 11 is 0. The molecule has 278 valence electrons. The van der Waals surface area contributed by atoms with Gasteiger partial charge in [0.25, 0.3) is 0 Å². The largest absolute Gasteiger partial charge is 0.453 e. The Hall–Kier alpha value is -8.10. The molecule has 0 radical (unpaired) electrons. The van der Waals surface area contributed by atoms with E-state index in [4.69, 9.17) is 17.7 Å². The van der Waals surface area contributed by atoms with E-state index in [1.165, 1.54) is 0 Å². The second-order valence-corrected chi connectivity index (χ2v) is 13.5. The lowest BCUT2D eigenvalue weighted by atomic mass is 10.0. The number of anilines is 6. The Morgan fingerprint density at radius 3 is 0.983 bits per heavy atom. The second-order valence-electron chi connectivity index (χ2n) is 13.5. The van der Waals surface area contributed by atoms with Crippen LogP contribution in [-0.2, 0) is 0 Å². The zero-order chi connectivity index (χ0) is 38.7. The zero-order valence-electron chi connectivity index (χ0n) is 31.1. The summed E-state index contributed by atoms with van der Waals surface area (Å²) < 4.78 is 25.3. The zero-order valence-corrected chi connectivity index (χ0v) is 31.1. The van der Waals surface area contributed by atoms with E-state index in [-0.39, 0.29) is 0 Å². The van der Waals surface area contributed by atoms with Crippen LogP contribution >= 0.6 is 0 Å². The van der Waals surface area contributed by atoms with E-state index < -0.39 is 0 Å². The first-order chi connectivity index (χ1) is 28.7. The highest BCUT2D eigenvalue weighted by Crippen LogP contribution is 2.41. The summed E-state index contributed by atoms with van der Waals surface area (Å²) in [7, 11) is 0. The van der Waals surface area contributed by atoms with Crippen molar-refractivity contribution in [3.05, 3.63) is 207 Å². The van der Waals surface area contributed by atoms with Gasteiger partial charge >= 0.3 is 0 Å². The quantitative estimate of drug-likeness (QED) is 0.129. The molecule has 0 spiro atoms. The van der Waals surface area contributed by atoms with Crippen LogP contribution in [0, 0.1) is 0 Å². The molecule has 58 heavy (non-hydrogen) atoms. The molecule has 10 rings (SSSR count). The van der Waals surface area contributed by atoms with Crippen molar-refractivity contribution in [2.24, 2.45) is 0 Å². The fraction of sp³-hybridized carbons (Fsp3) is 0. The highest BCUT2D eigenvalue weighted by atomic mass is 16.4. The summed E-state index contributed by atoms with van der Waals surface area (Å²) in [6.07, 6.45) is 7.10. The van der Waals surface area contributed by atoms with Crippen molar-refractivity contribution in [1.82, 2.24) is 9.97 Å². The van der Waals surface area contributed by atoms with Crippen molar-refractivity contribution in [2.45, 2.75) is 0 Å². The Morgan fingerprint density at radius 2 is 0.586 bits per heavy atom. The van der Waals surface area contributed by atoms with Crippen molar-refractivity contribution >= 4 is 34.5 Å². The molecular weight excluding hydrogens is 721 g/mol. The van der Waals surface area contributed by atoms with Crippen LogP contribution in [0.15, 0.2) is 224 Å². The molecular formula is C50H34N4O4. The van der Waals surface area contributed by atoms with Gasteiger partial charge < -0.3 is 17.7 Å². The van der Waals surface area contributed by atoms with E-state index >= 15 is 0 Å². The third kappa shape index (κ3) is 6.86. The Kier molecular flexibility index (Phi) is 9.02. The van der Waals surface area contributed by atoms with Crippen molar-refractivity contribution in [3.8, 4) is 56.8 Å². The van der Waals surface area contributed by atoms with Gasteiger partial charge in [-0.15, -0.1) is 0 Å². The number of rotatable bonds is 11. The minimum Gasteiger partial charge on any atom is -0.453 e. The molecule has 10 aromatic rings. The van der Waals surface area contributed by atoms with Crippen molar-refractivity contribution in [2.75, 3.05) is 9.80 Å². The van der Waals surface area contributed by atoms with Crippen LogP contribution in [0.4, 0.5) is 34.5 Å². The molecule has 8 heteroatoms. The van der Waals surface area contributed by atoms with Gasteiger partial charge in [-0.05, 0) is 96.1 Å². The van der Waals surface area contributed by atoms with Gasteiger partial charge in [0.15, 0.2) is 23.0 Å². The lowest BCUT2D eigenvalue weighted by molar-refractivity contribution is 0.535. The van der Waals surface area contributed by atoms with E-state index in [1.807, 2.05) is 133 Å². The maximum atomic E-state index is 6.45. The van der Waals surface area contributed by atoms with Gasteiger partial charge in [-0.3, -0.25) is 19.8 Å². The number of furan rings is 4. The predicted octanol–water partition coefficient (Wildman–Crippen LogP) is 14.1. The standard InChI is InChI=1S/C50H34N4O4/c1-3-7-37(8-4-1)43-19-21-45(55-43)47-23-25-49(57-47)53(41-27-31-51-32-28-41)39-15-11-35(12-16-39)36-13-17-40(18-14-36)54(42-29-33-52-34-30-42)50-26-24-48(58-50)46-22-20-44(56-46)38-9-5-2-6-10-38/h1-34H. The highest BCUT2D eigenvalue weighted by molar-refractivity contribution is 5.79. The van der Waals surface area contributed by atoms with Crippen molar-refractivity contribution in [1.29, 1.82) is 0 Å². The SMILES string of the molecule is c1ccc(-c2ccc(-c3ccc(N(c4ccncc4)c4ccc(-c5ccc(N(c6ccncc6)c6ccc(-c7ccc(-c8ccccc8)o7)o6)cc5)cc4)o3)o2)cc1. The summed E-state index contributed by atoms with van der Waals surface area (Å²) in [5.41, 5.74) is 7.85. The fourth-order valence-corrected chi connectivity index (χ4v) is 7.02. The summed E-state index contributed by atoms with van der Waals surface area (Å²) in [6.45, 7) is 0. The molecule has 0 fully saturated rings. The smallest absolute Gasteiger partial charge is 0.205 e. The van der Waals surface area contributed by atoms with Gasteiger partial charge in [0.2, 0.25) is 11.8 Å². The third-order valence-corrected chi connectivity index (χ3v) is 9.86. The molecule has 0 saturated carbocycles. The minimum atomic E-state index is 0.637. The molecule has 0 bridgehead atoms. The second kappa shape index (κ2) is 15.2. The average molecular weight is 755 g/mol. The Balaban J connectivity index is 0.916. The molecule has 0 atom stereocenters. The van der Waals surface area contributed by atoms with Gasteiger partial charge in [-0.1, -0.05) is 84.9 Å². The van der Waals surface area contributed by atoms with Gasteiger partial charge in [0.1, 0.15) is 11.5 Å². The summed E-state index contributed by atoms with van der Waals surface area (Å²) in [6, 6.07) is 60.3. The number of hydrogen-bond donors (Lipinski definition) is 0. The van der Waals surface area contributed by atoms with E-state index in [2.05, 4.69) is 68.3 Å². The maximum absolute atomic E-state index is 6.45. The first-order valence-corrected chi connectivity index (χ1v) is 18.9. The number of nitrogens with zero attached hydrogens (tertiary/aromatic N) is 4. The Labute approximate surface area is 334 Å². The first kappa shape index (κ1) is 34.4. The minimum absolute atomic E-state index is 0.637. The number of aromatic nitrogens is 2. The first-order valence-electron chi connectivity index (χ1n) is 18.9. The molecule has 0 N–H and O–H groups in total. The molecule has 0 aliphatic rings. The van der Waals surface area contributed by atoms with Gasteiger partial charge in [-0.2, -0.15) is 0 Å². The fourth-order valence-electron chi connectivity index (χ4n) is 7.02. The molecule has 4 aromatic carbocycles. The van der Waals surface area contributed by atoms with E-state index in [9.17, 15) is 0 Å². The average Bonchev–Trinajstić information content (AvgIpc) is 4.14. The number of pyridine rings is 2. The van der Waals surface area contributed by atoms with E-state index in [0.717, 1.165) is 56.5 Å². The Bertz CT molecular complexity index is 2680. The van der Waals surface area contributed by atoms with Gasteiger partial charge in [0.05, 0.1) is 11.4 Å². The lowest BCUT2D eigenvalue weighted by Crippen LogP contribution is -2.09. The van der Waals surface area contributed by atoms with Crippen LogP contribution in [0.2, 0.25) is 0 Å². The molecule has 6 aromatic heterocycles. The monoisotopic (exact) mass is 754 g/mol. The van der Waals surface area contributed by atoms with Crippen LogP contribution in [0.25, 0.3) is 56.8 Å². The predicted molar refractivity (Wildman–Crippen MR) is 228 cm³/mol. The molecule has 0 saturated heterocycles. The highest BCUT2D eigenvalue weighted by Gasteiger charge is 2.21. The normalized spacial score (nSPS) is 11.1. The van der Waals surface area contributed by atoms with Crippen LogP contribution in [0.3, 0.4) is 0 Å². The molecule has 0 unspecified atom stereocenters. The molecule has 6 heterocycles. The van der Waals surface area contributed by atoms with Crippen LogP contribution in [-0.4, -0.2) is 9.97 Å². The van der Waals surface area contributed by atoms with E-state index in [0.29, 0.717) is 34.8 Å². The molecule has 0 amide bonds. The summed E-state index contributed by atoms with van der Waals surface area (Å²) in [5.74, 6) is 5.45. The van der Waals surface area contributed by atoms with E-state index in [1.54, 1.807) is 24.8 Å². The summed E-state index contributed by atoms with van der Waals surface area (Å²) in [4.78, 5) is 12.6. The van der Waals surface area contributed by atoms with Crippen LogP contribution in [0.1, 0.15) is 0 Å². The Morgan fingerprint density at radius 1 is 0.259 bits per heavy atom. The molecule has 0 aliphatic heterocycles. The molecule has 8 nitrogen and oxygen atoms in total. The number of benzene rings is 4. The third-order valence-electron chi connectivity index (χ3n) is 9.86. The maximum Gasteiger partial charge on any atom is 0.205 e. The topological polar surface area (TPSA) is 84.8 Å². The summed E-state index contributed by atoms with van der Waals surface area (Å²) in [5, 5.41) is 0. The lowest BCUT2D eigenvalue weighted by Gasteiger charge is -2.23. The van der Waals surface area contributed by atoms with Crippen molar-refractivity contribution < 1.29 is 17.7 Å². The molecule has 0 aliphatic carbocycles. The van der Waals surface area contributed by atoms with Gasteiger partial charge in [-0.25, -0.2) is 0 Å². The van der Waals surface area contributed by atoms with Gasteiger partial charge in [0, 0.05) is 59.4 Å². The number of hydrogen-bond acceptors (Lipinski definition) is 8. The van der Waals surface area contributed by atoms with Crippen molar-refractivity contribution in [3.63, 3.8) is 0 Å².